The van der Waals surface area contributed by atoms with Gasteiger partial charge in [0.15, 0.2) is 4.80 Å². The molecule has 1 aliphatic rings. The standard InChI is InChI=1S/C27H26Cl2N2O5S/c1-15(2)36-20-11-6-5-9-18(20)24-22(26(33)35-13-12-34-4)16(3)30-27-31(24)25(32)21(37-27)14-17-8-7-10-19(28)23(17)29/h5-11,14-15,24H,12-13H2,1-4H3/b21-14+/t24-/m0/s1. The van der Waals surface area contributed by atoms with Gasteiger partial charge in [-0.2, -0.15) is 0 Å². The summed E-state index contributed by atoms with van der Waals surface area (Å²) in [6.45, 7) is 5.88. The van der Waals surface area contributed by atoms with Gasteiger partial charge in [-0.15, -0.1) is 0 Å². The smallest absolute Gasteiger partial charge is 0.338 e. The van der Waals surface area contributed by atoms with Gasteiger partial charge in [0, 0.05) is 12.7 Å². The molecule has 1 aromatic heterocycles. The lowest BCUT2D eigenvalue weighted by Crippen LogP contribution is -2.40. The first kappa shape index (κ1) is 27.1. The van der Waals surface area contributed by atoms with E-state index in [1.165, 1.54) is 23.0 Å². The van der Waals surface area contributed by atoms with Crippen LogP contribution >= 0.6 is 34.5 Å². The van der Waals surface area contributed by atoms with Gasteiger partial charge in [0.1, 0.15) is 18.4 Å². The summed E-state index contributed by atoms with van der Waals surface area (Å²) < 4.78 is 18.5. The third kappa shape index (κ3) is 5.67. The van der Waals surface area contributed by atoms with E-state index < -0.39 is 12.0 Å². The summed E-state index contributed by atoms with van der Waals surface area (Å²) >= 11 is 13.8. The zero-order chi connectivity index (χ0) is 26.7. The van der Waals surface area contributed by atoms with Gasteiger partial charge in [0.2, 0.25) is 0 Å². The molecule has 7 nitrogen and oxygen atoms in total. The Morgan fingerprint density at radius 2 is 1.92 bits per heavy atom. The number of ether oxygens (including phenoxy) is 3. The molecule has 0 unspecified atom stereocenters. The molecular weight excluding hydrogens is 535 g/mol. The number of carbonyl (C=O) groups excluding carboxylic acids is 1. The normalized spacial score (nSPS) is 15.5. The summed E-state index contributed by atoms with van der Waals surface area (Å²) in [7, 11) is 1.53. The van der Waals surface area contributed by atoms with Crippen LogP contribution in [0.1, 0.15) is 37.9 Å². The molecule has 1 aliphatic heterocycles. The SMILES string of the molecule is COCCOC(=O)C1=C(C)N=c2s/c(=C/c3cccc(Cl)c3Cl)c(=O)n2[C@H]1c1ccccc1OC(C)C. The highest BCUT2D eigenvalue weighted by molar-refractivity contribution is 7.07. The highest BCUT2D eigenvalue weighted by Crippen LogP contribution is 2.36. The average molecular weight is 561 g/mol. The maximum atomic E-state index is 13.8. The third-order valence-corrected chi connectivity index (χ3v) is 7.42. The molecular formula is C27H26Cl2N2O5S. The Morgan fingerprint density at radius 3 is 2.65 bits per heavy atom. The van der Waals surface area contributed by atoms with E-state index in [0.29, 0.717) is 42.0 Å². The Labute approximate surface area is 228 Å². The summed E-state index contributed by atoms with van der Waals surface area (Å²) in [5.41, 5.74) is 1.65. The van der Waals surface area contributed by atoms with Crippen molar-refractivity contribution in [2.24, 2.45) is 4.99 Å². The van der Waals surface area contributed by atoms with Crippen LogP contribution in [0, 0.1) is 0 Å². The molecule has 37 heavy (non-hydrogen) atoms. The number of carbonyl (C=O) groups is 1. The van der Waals surface area contributed by atoms with Gasteiger partial charge in [-0.3, -0.25) is 9.36 Å². The predicted octanol–water partition coefficient (Wildman–Crippen LogP) is 4.52. The van der Waals surface area contributed by atoms with Crippen LogP contribution in [0.5, 0.6) is 5.75 Å². The molecule has 0 amide bonds. The lowest BCUT2D eigenvalue weighted by atomic mass is 9.95. The monoisotopic (exact) mass is 560 g/mol. The second-order valence-electron chi connectivity index (χ2n) is 8.56. The number of para-hydroxylation sites is 1. The van der Waals surface area contributed by atoms with E-state index in [-0.39, 0.29) is 30.5 Å². The highest BCUT2D eigenvalue weighted by Gasteiger charge is 2.35. The third-order valence-electron chi connectivity index (χ3n) is 5.61. The molecule has 10 heteroatoms. The molecule has 0 spiro atoms. The van der Waals surface area contributed by atoms with Crippen molar-refractivity contribution in [1.29, 1.82) is 0 Å². The van der Waals surface area contributed by atoms with Crippen molar-refractivity contribution in [2.45, 2.75) is 32.9 Å². The van der Waals surface area contributed by atoms with Crippen LogP contribution in [0.15, 0.2) is 63.5 Å². The Bertz CT molecular complexity index is 1540. The van der Waals surface area contributed by atoms with Crippen molar-refractivity contribution in [3.8, 4) is 5.75 Å². The summed E-state index contributed by atoms with van der Waals surface area (Å²) in [5.74, 6) is -0.0123. The van der Waals surface area contributed by atoms with Crippen LogP contribution in [0.25, 0.3) is 6.08 Å². The molecule has 3 aromatic rings. The zero-order valence-corrected chi connectivity index (χ0v) is 23.1. The maximum absolute atomic E-state index is 13.8. The summed E-state index contributed by atoms with van der Waals surface area (Å²) in [5, 5.41) is 0.735. The highest BCUT2D eigenvalue weighted by atomic mass is 35.5. The Hall–Kier alpha value is -2.91. The summed E-state index contributed by atoms with van der Waals surface area (Å²) in [6.07, 6.45) is 1.56. The van der Waals surface area contributed by atoms with E-state index in [1.54, 1.807) is 31.2 Å². The number of allylic oxidation sites excluding steroid dienone is 1. The first-order valence-electron chi connectivity index (χ1n) is 11.6. The second-order valence-corrected chi connectivity index (χ2v) is 10.4. The molecule has 0 saturated heterocycles. The van der Waals surface area contributed by atoms with Gasteiger partial charge in [-0.25, -0.2) is 9.79 Å². The molecule has 1 atom stereocenters. The number of rotatable bonds is 8. The van der Waals surface area contributed by atoms with E-state index in [2.05, 4.69) is 4.99 Å². The number of methoxy groups -OCH3 is 1. The number of hydrogen-bond donors (Lipinski definition) is 0. The van der Waals surface area contributed by atoms with Gasteiger partial charge in [0.05, 0.1) is 38.6 Å². The van der Waals surface area contributed by atoms with E-state index >= 15 is 0 Å². The number of benzene rings is 2. The Kier molecular flexibility index (Phi) is 8.54. The van der Waals surface area contributed by atoms with E-state index in [1.807, 2.05) is 38.1 Å². The van der Waals surface area contributed by atoms with E-state index in [0.717, 1.165) is 0 Å². The maximum Gasteiger partial charge on any atom is 0.338 e. The van der Waals surface area contributed by atoms with Crippen LogP contribution < -0.4 is 19.6 Å². The molecule has 0 N–H and O–H groups in total. The van der Waals surface area contributed by atoms with Crippen LogP contribution in [0.2, 0.25) is 10.0 Å². The van der Waals surface area contributed by atoms with Crippen LogP contribution in [0.4, 0.5) is 0 Å². The topological polar surface area (TPSA) is 79.1 Å². The number of aromatic nitrogens is 1. The minimum atomic E-state index is -0.807. The number of thiazole rings is 1. The minimum Gasteiger partial charge on any atom is -0.491 e. The van der Waals surface area contributed by atoms with Crippen molar-refractivity contribution in [3.05, 3.63) is 94.6 Å². The van der Waals surface area contributed by atoms with E-state index in [9.17, 15) is 9.59 Å². The number of halogens is 2. The van der Waals surface area contributed by atoms with Crippen molar-refractivity contribution < 1.29 is 19.0 Å². The zero-order valence-electron chi connectivity index (χ0n) is 20.8. The molecule has 2 heterocycles. The van der Waals surface area contributed by atoms with Crippen LogP contribution in [-0.2, 0) is 14.3 Å². The van der Waals surface area contributed by atoms with Gasteiger partial charge in [-0.05, 0) is 44.5 Å². The molecule has 194 valence electrons. The first-order valence-corrected chi connectivity index (χ1v) is 13.2. The molecule has 2 aromatic carbocycles. The fourth-order valence-corrected chi connectivity index (χ4v) is 5.41. The molecule has 0 aliphatic carbocycles. The fraction of sp³-hybridized carbons (Fsp3) is 0.296. The Morgan fingerprint density at radius 1 is 1.16 bits per heavy atom. The van der Waals surface area contributed by atoms with Gasteiger partial charge < -0.3 is 14.2 Å². The quantitative estimate of drug-likeness (QED) is 0.299. The summed E-state index contributed by atoms with van der Waals surface area (Å²) in [6, 6.07) is 11.8. The molecule has 0 fully saturated rings. The van der Waals surface area contributed by atoms with Crippen molar-refractivity contribution in [2.75, 3.05) is 20.3 Å². The van der Waals surface area contributed by atoms with Gasteiger partial charge in [0.25, 0.3) is 5.56 Å². The average Bonchev–Trinajstić information content (AvgIpc) is 3.15. The summed E-state index contributed by atoms with van der Waals surface area (Å²) in [4.78, 5) is 32.2. The lowest BCUT2D eigenvalue weighted by Gasteiger charge is -2.27. The molecule has 0 bridgehead atoms. The molecule has 0 saturated carbocycles. The number of fused-ring (bicyclic) bond motifs is 1. The number of nitrogens with zero attached hydrogens (tertiary/aromatic N) is 2. The van der Waals surface area contributed by atoms with Gasteiger partial charge in [-0.1, -0.05) is 64.9 Å². The fourth-order valence-electron chi connectivity index (χ4n) is 4.01. The van der Waals surface area contributed by atoms with Gasteiger partial charge >= 0.3 is 5.97 Å². The number of esters is 1. The first-order chi connectivity index (χ1) is 17.7. The second kappa shape index (κ2) is 11.6. The van der Waals surface area contributed by atoms with Crippen molar-refractivity contribution >= 4 is 46.6 Å². The van der Waals surface area contributed by atoms with Crippen LogP contribution in [0.3, 0.4) is 0 Å². The number of hydrogen-bond acceptors (Lipinski definition) is 7. The van der Waals surface area contributed by atoms with Crippen LogP contribution in [-0.4, -0.2) is 37.0 Å². The van der Waals surface area contributed by atoms with E-state index in [4.69, 9.17) is 37.4 Å². The lowest BCUT2D eigenvalue weighted by molar-refractivity contribution is -0.140. The largest absolute Gasteiger partial charge is 0.491 e. The molecule has 0 radical (unpaired) electrons. The van der Waals surface area contributed by atoms with Crippen molar-refractivity contribution in [3.63, 3.8) is 0 Å². The van der Waals surface area contributed by atoms with Crippen molar-refractivity contribution in [1.82, 2.24) is 4.57 Å². The minimum absolute atomic E-state index is 0.0701. The predicted molar refractivity (Wildman–Crippen MR) is 145 cm³/mol. The molecule has 4 rings (SSSR count). The Balaban J connectivity index is 1.95.